The van der Waals surface area contributed by atoms with E-state index >= 15 is 0 Å². The van der Waals surface area contributed by atoms with E-state index in [9.17, 15) is 14.4 Å². The molecule has 0 aromatic heterocycles. The number of hydrogen-bond acceptors (Lipinski definition) is 5. The van der Waals surface area contributed by atoms with Crippen LogP contribution in [0.3, 0.4) is 0 Å². The Morgan fingerprint density at radius 1 is 1.00 bits per heavy atom. The van der Waals surface area contributed by atoms with Crippen LogP contribution in [0.5, 0.6) is 0 Å². The maximum atomic E-state index is 14.0. The molecule has 3 aromatic carbocycles. The molecule has 2 N–H and O–H groups in total. The maximum Gasteiger partial charge on any atom is 0.408 e. The smallest absolute Gasteiger partial charge is 0.408 e. The van der Waals surface area contributed by atoms with Crippen molar-refractivity contribution in [2.45, 2.75) is 57.8 Å². The van der Waals surface area contributed by atoms with Crippen LogP contribution in [-0.2, 0) is 14.3 Å². The first-order valence-corrected chi connectivity index (χ1v) is 13.5. The van der Waals surface area contributed by atoms with Gasteiger partial charge >= 0.3 is 6.09 Å². The fraction of sp³-hybridized carbons (Fsp3) is 0.367. The zero-order valence-corrected chi connectivity index (χ0v) is 23.1. The Hall–Kier alpha value is -3.52. The monoisotopic (exact) mass is 533 g/mol. The van der Waals surface area contributed by atoms with Crippen molar-refractivity contribution in [2.24, 2.45) is 5.92 Å². The van der Waals surface area contributed by atoms with Crippen LogP contribution in [0, 0.1) is 5.92 Å². The summed E-state index contributed by atoms with van der Waals surface area (Å²) in [7, 11) is 0. The number of hydrogen-bond donors (Lipinski definition) is 3. The van der Waals surface area contributed by atoms with Crippen LogP contribution in [0.25, 0.3) is 10.8 Å². The molecular formula is C30H35N3O4S. The van der Waals surface area contributed by atoms with E-state index in [0.717, 1.165) is 17.2 Å². The average molecular weight is 534 g/mol. The second kappa shape index (κ2) is 11.5. The second-order valence-corrected chi connectivity index (χ2v) is 11.1. The molecule has 1 aliphatic carbocycles. The Balaban J connectivity index is 1.66. The number of nitrogens with zero attached hydrogens (tertiary/aromatic N) is 1. The van der Waals surface area contributed by atoms with Crippen LogP contribution in [0.15, 0.2) is 72.8 Å². The zero-order chi connectivity index (χ0) is 27.4. The van der Waals surface area contributed by atoms with Crippen LogP contribution in [0.2, 0.25) is 0 Å². The number of anilines is 1. The van der Waals surface area contributed by atoms with E-state index in [1.54, 1.807) is 25.7 Å². The number of ether oxygens (including phenoxy) is 1. The van der Waals surface area contributed by atoms with Gasteiger partial charge in [0.15, 0.2) is 0 Å². The Kier molecular flexibility index (Phi) is 8.31. The first-order chi connectivity index (χ1) is 18.1. The number of thiol groups is 1. The SMILES string of the molecule is CC1CC1N(C(=O)C(CS)NC(=O)OC(C)(C)C)C(C(=O)Nc1ccc2ccccc2c1)c1ccccc1. The molecule has 0 spiro atoms. The molecule has 8 heteroatoms. The number of fused-ring (bicyclic) bond motifs is 1. The fourth-order valence-corrected chi connectivity index (χ4v) is 4.79. The summed E-state index contributed by atoms with van der Waals surface area (Å²) >= 11 is 4.35. The van der Waals surface area contributed by atoms with Crippen molar-refractivity contribution in [3.8, 4) is 0 Å². The summed E-state index contributed by atoms with van der Waals surface area (Å²) < 4.78 is 5.37. The number of carbonyl (C=O) groups excluding carboxylic acids is 3. The molecule has 0 bridgehead atoms. The van der Waals surface area contributed by atoms with Gasteiger partial charge in [-0.15, -0.1) is 0 Å². The van der Waals surface area contributed by atoms with Crippen molar-refractivity contribution in [2.75, 3.05) is 11.1 Å². The number of benzene rings is 3. The highest BCUT2D eigenvalue weighted by molar-refractivity contribution is 7.80. The highest BCUT2D eigenvalue weighted by Crippen LogP contribution is 2.41. The molecular weight excluding hydrogens is 498 g/mol. The van der Waals surface area contributed by atoms with Gasteiger partial charge in [-0.05, 0) is 61.6 Å². The number of alkyl carbamates (subject to hydrolysis) is 1. The third kappa shape index (κ3) is 6.67. The first-order valence-electron chi connectivity index (χ1n) is 12.8. The molecule has 3 amide bonds. The fourth-order valence-electron chi connectivity index (χ4n) is 4.54. The number of amides is 3. The van der Waals surface area contributed by atoms with Crippen LogP contribution in [-0.4, -0.2) is 46.2 Å². The van der Waals surface area contributed by atoms with Crippen LogP contribution >= 0.6 is 12.6 Å². The summed E-state index contributed by atoms with van der Waals surface area (Å²) in [5.41, 5.74) is 0.614. The van der Waals surface area contributed by atoms with E-state index in [2.05, 4.69) is 23.3 Å². The van der Waals surface area contributed by atoms with Crippen molar-refractivity contribution in [3.05, 3.63) is 78.4 Å². The predicted molar refractivity (Wildman–Crippen MR) is 153 cm³/mol. The normalized spacial score (nSPS) is 18.2. The standard InChI is InChI=1S/C30H35N3O4S/c1-19-16-25(19)33(28(35)24(18-38)32-29(36)37-30(2,3)4)26(21-11-6-5-7-12-21)27(34)31-23-15-14-20-10-8-9-13-22(20)17-23/h5-15,17,19,24-26,38H,16,18H2,1-4H3,(H,31,34)(H,32,36). The molecule has 0 aliphatic heterocycles. The van der Waals surface area contributed by atoms with Crippen LogP contribution in [0.4, 0.5) is 10.5 Å². The van der Waals surface area contributed by atoms with Gasteiger partial charge in [0.25, 0.3) is 5.91 Å². The van der Waals surface area contributed by atoms with Gasteiger partial charge in [-0.2, -0.15) is 12.6 Å². The molecule has 1 aliphatic rings. The molecule has 0 saturated heterocycles. The zero-order valence-electron chi connectivity index (χ0n) is 22.2. The van der Waals surface area contributed by atoms with Gasteiger partial charge < -0.3 is 20.3 Å². The number of nitrogens with one attached hydrogen (secondary N) is 2. The van der Waals surface area contributed by atoms with Crippen molar-refractivity contribution >= 4 is 47.0 Å². The summed E-state index contributed by atoms with van der Waals surface area (Å²) in [4.78, 5) is 42.0. The van der Waals surface area contributed by atoms with E-state index < -0.39 is 23.8 Å². The van der Waals surface area contributed by atoms with E-state index in [1.165, 1.54) is 0 Å². The molecule has 4 atom stereocenters. The Bertz CT molecular complexity index is 1310. The minimum Gasteiger partial charge on any atom is -0.444 e. The van der Waals surface area contributed by atoms with E-state index in [1.807, 2.05) is 79.7 Å². The molecule has 4 rings (SSSR count). The lowest BCUT2D eigenvalue weighted by Gasteiger charge is -2.34. The summed E-state index contributed by atoms with van der Waals surface area (Å²) in [6.07, 6.45) is 0.0647. The Morgan fingerprint density at radius 3 is 2.24 bits per heavy atom. The molecule has 1 saturated carbocycles. The highest BCUT2D eigenvalue weighted by atomic mass is 32.1. The lowest BCUT2D eigenvalue weighted by Crippen LogP contribution is -2.54. The van der Waals surface area contributed by atoms with Crippen LogP contribution < -0.4 is 10.6 Å². The second-order valence-electron chi connectivity index (χ2n) is 10.8. The van der Waals surface area contributed by atoms with Crippen LogP contribution in [0.1, 0.15) is 45.7 Å². The number of carbonyl (C=O) groups is 3. The van der Waals surface area contributed by atoms with Gasteiger partial charge in [-0.3, -0.25) is 9.59 Å². The molecule has 1 fully saturated rings. The van der Waals surface area contributed by atoms with Crippen molar-refractivity contribution < 1.29 is 19.1 Å². The van der Waals surface area contributed by atoms with E-state index in [0.29, 0.717) is 11.3 Å². The summed E-state index contributed by atoms with van der Waals surface area (Å²) in [5.74, 6) is -0.415. The number of rotatable bonds is 8. The summed E-state index contributed by atoms with van der Waals surface area (Å²) in [6.45, 7) is 7.31. The lowest BCUT2D eigenvalue weighted by atomic mass is 10.0. The van der Waals surface area contributed by atoms with Crippen molar-refractivity contribution in [3.63, 3.8) is 0 Å². The molecule has 0 heterocycles. The minimum atomic E-state index is -0.958. The van der Waals surface area contributed by atoms with E-state index in [-0.39, 0.29) is 29.5 Å². The topological polar surface area (TPSA) is 87.7 Å². The van der Waals surface area contributed by atoms with Crippen molar-refractivity contribution in [1.29, 1.82) is 0 Å². The molecule has 7 nitrogen and oxygen atoms in total. The predicted octanol–water partition coefficient (Wildman–Crippen LogP) is 5.58. The van der Waals surface area contributed by atoms with E-state index in [4.69, 9.17) is 4.74 Å². The summed E-state index contributed by atoms with van der Waals surface area (Å²) in [6, 6.07) is 20.9. The highest BCUT2D eigenvalue weighted by Gasteiger charge is 2.48. The maximum absolute atomic E-state index is 14.0. The first kappa shape index (κ1) is 27.5. The Morgan fingerprint density at radius 2 is 1.63 bits per heavy atom. The van der Waals surface area contributed by atoms with Gasteiger partial charge in [-0.25, -0.2) is 4.79 Å². The van der Waals surface area contributed by atoms with Gasteiger partial charge in [-0.1, -0.05) is 67.6 Å². The largest absolute Gasteiger partial charge is 0.444 e. The third-order valence-corrected chi connectivity index (χ3v) is 6.87. The molecule has 0 radical (unpaired) electrons. The van der Waals surface area contributed by atoms with Gasteiger partial charge in [0, 0.05) is 17.5 Å². The van der Waals surface area contributed by atoms with Gasteiger partial charge in [0.1, 0.15) is 17.7 Å². The minimum absolute atomic E-state index is 0.0590. The lowest BCUT2D eigenvalue weighted by molar-refractivity contribution is -0.141. The van der Waals surface area contributed by atoms with Crippen molar-refractivity contribution in [1.82, 2.24) is 10.2 Å². The Labute approximate surface area is 229 Å². The summed E-state index contributed by atoms with van der Waals surface area (Å²) in [5, 5.41) is 7.76. The van der Waals surface area contributed by atoms with Gasteiger partial charge in [0.05, 0.1) is 0 Å². The molecule has 4 unspecified atom stereocenters. The quantitative estimate of drug-likeness (QED) is 0.330. The average Bonchev–Trinajstić information content (AvgIpc) is 3.60. The molecule has 200 valence electrons. The molecule has 38 heavy (non-hydrogen) atoms. The molecule has 3 aromatic rings. The third-order valence-electron chi connectivity index (χ3n) is 6.51. The van der Waals surface area contributed by atoms with Gasteiger partial charge in [0.2, 0.25) is 5.91 Å².